The third-order valence-corrected chi connectivity index (χ3v) is 7.19. The van der Waals surface area contributed by atoms with Crippen molar-refractivity contribution in [3.8, 4) is 40.2 Å². The number of ketones is 1. The smallest absolute Gasteiger partial charge is 0.203 e. The van der Waals surface area contributed by atoms with E-state index in [-0.39, 0.29) is 34.1 Å². The average molecular weight is 555 g/mol. The molecule has 0 fully saturated rings. The number of rotatable bonds is 8. The number of hydrogen-bond acceptors (Lipinski definition) is 8. The minimum atomic E-state index is -0.659. The molecule has 4 aromatic rings. The maximum Gasteiger partial charge on any atom is 0.203 e. The second-order valence-electron chi connectivity index (χ2n) is 9.52. The molecule has 8 nitrogen and oxygen atoms in total. The lowest BCUT2D eigenvalue weighted by molar-refractivity contribution is 0.104. The Hall–Kier alpha value is -5.11. The summed E-state index contributed by atoms with van der Waals surface area (Å²) in [5.41, 5.74) is 2.13. The number of allylic oxidation sites excluding steroid dienone is 1. The maximum absolute atomic E-state index is 13.3. The summed E-state index contributed by atoms with van der Waals surface area (Å²) in [7, 11) is 4.29. The van der Waals surface area contributed by atoms with Crippen LogP contribution in [0.2, 0.25) is 0 Å². The van der Waals surface area contributed by atoms with Gasteiger partial charge in [0.15, 0.2) is 17.3 Å². The number of aromatic hydroxyl groups is 3. The molecule has 0 amide bonds. The van der Waals surface area contributed by atoms with Crippen LogP contribution in [0, 0.1) is 0 Å². The Morgan fingerprint density at radius 3 is 2.07 bits per heavy atom. The van der Waals surface area contributed by atoms with Crippen molar-refractivity contribution in [2.45, 2.75) is 18.4 Å². The molecule has 0 saturated heterocycles. The van der Waals surface area contributed by atoms with Crippen LogP contribution in [0.3, 0.4) is 0 Å². The van der Waals surface area contributed by atoms with Crippen molar-refractivity contribution < 1.29 is 39.1 Å². The first-order chi connectivity index (χ1) is 19.9. The molecule has 0 aromatic heterocycles. The van der Waals surface area contributed by atoms with Crippen molar-refractivity contribution in [2.75, 3.05) is 21.3 Å². The van der Waals surface area contributed by atoms with E-state index in [0.29, 0.717) is 17.7 Å². The van der Waals surface area contributed by atoms with Gasteiger partial charge in [-0.25, -0.2) is 0 Å². The van der Waals surface area contributed by atoms with Gasteiger partial charge >= 0.3 is 0 Å². The van der Waals surface area contributed by atoms with Gasteiger partial charge in [0.1, 0.15) is 34.7 Å². The average Bonchev–Trinajstić information content (AvgIpc) is 2.99. The van der Waals surface area contributed by atoms with Gasteiger partial charge in [0.25, 0.3) is 0 Å². The molecule has 1 heterocycles. The quantitative estimate of drug-likeness (QED) is 0.170. The predicted octanol–water partition coefficient (Wildman–Crippen LogP) is 6.38. The molecule has 4 aromatic carbocycles. The van der Waals surface area contributed by atoms with Gasteiger partial charge in [-0.2, -0.15) is 0 Å². The van der Waals surface area contributed by atoms with Gasteiger partial charge in [0.05, 0.1) is 21.3 Å². The molecule has 0 saturated carbocycles. The molecular weight excluding hydrogens is 524 g/mol. The third-order valence-electron chi connectivity index (χ3n) is 7.19. The lowest BCUT2D eigenvalue weighted by Gasteiger charge is -2.35. The van der Waals surface area contributed by atoms with Crippen molar-refractivity contribution in [3.63, 3.8) is 0 Å². The highest BCUT2D eigenvalue weighted by Gasteiger charge is 2.40. The number of phenolic OH excluding ortho intramolecular Hbond substituents is 3. The molecule has 3 N–H and O–H groups in total. The number of phenols is 3. The van der Waals surface area contributed by atoms with E-state index in [9.17, 15) is 20.1 Å². The van der Waals surface area contributed by atoms with E-state index in [2.05, 4.69) is 0 Å². The lowest BCUT2D eigenvalue weighted by Crippen LogP contribution is -2.22. The zero-order valence-corrected chi connectivity index (χ0v) is 22.8. The maximum atomic E-state index is 13.3. The van der Waals surface area contributed by atoms with Crippen molar-refractivity contribution in [1.82, 2.24) is 0 Å². The highest BCUT2D eigenvalue weighted by atomic mass is 16.5. The first-order valence-electron chi connectivity index (χ1n) is 13.0. The number of ether oxygens (including phenoxy) is 4. The molecule has 1 aliphatic heterocycles. The number of fused-ring (bicyclic) bond motifs is 1. The van der Waals surface area contributed by atoms with Crippen molar-refractivity contribution >= 4 is 11.9 Å². The van der Waals surface area contributed by atoms with Crippen molar-refractivity contribution in [1.29, 1.82) is 0 Å². The Morgan fingerprint density at radius 2 is 1.44 bits per heavy atom. The molecule has 0 bridgehead atoms. The summed E-state index contributed by atoms with van der Waals surface area (Å²) >= 11 is 0. The van der Waals surface area contributed by atoms with Crippen LogP contribution in [0.4, 0.5) is 0 Å². The third kappa shape index (κ3) is 5.12. The van der Waals surface area contributed by atoms with Gasteiger partial charge in [0.2, 0.25) is 5.75 Å². The van der Waals surface area contributed by atoms with Crippen LogP contribution in [0.5, 0.6) is 40.2 Å². The van der Waals surface area contributed by atoms with E-state index in [1.807, 2.05) is 60.7 Å². The fourth-order valence-corrected chi connectivity index (χ4v) is 5.30. The van der Waals surface area contributed by atoms with Gasteiger partial charge < -0.3 is 34.3 Å². The fraction of sp³-hybridized carbons (Fsp3) is 0.182. The van der Waals surface area contributed by atoms with Crippen LogP contribution in [-0.2, 0) is 0 Å². The predicted molar refractivity (Wildman–Crippen MR) is 154 cm³/mol. The Labute approximate surface area is 237 Å². The Morgan fingerprint density at radius 1 is 0.829 bits per heavy atom. The van der Waals surface area contributed by atoms with Gasteiger partial charge in [-0.3, -0.25) is 4.79 Å². The summed E-state index contributed by atoms with van der Waals surface area (Å²) in [4.78, 5) is 13.3. The highest BCUT2D eigenvalue weighted by Crippen LogP contribution is 2.58. The monoisotopic (exact) mass is 554 g/mol. The molecule has 5 rings (SSSR count). The SMILES string of the molecule is COc1cc(O)c(C(=O)/C=C/c2ccccc2)c(O)c1[C@H]1C[C@H](c2ccccc2)Oc2c(OC)c(O)cc(OC)c21. The van der Waals surface area contributed by atoms with Crippen LogP contribution in [0.25, 0.3) is 6.08 Å². The molecule has 0 aliphatic carbocycles. The number of carbonyl (C=O) groups is 1. The van der Waals surface area contributed by atoms with E-state index in [1.54, 1.807) is 6.08 Å². The summed E-state index contributed by atoms with van der Waals surface area (Å²) in [6.45, 7) is 0. The topological polar surface area (TPSA) is 115 Å². The van der Waals surface area contributed by atoms with Gasteiger partial charge in [-0.15, -0.1) is 0 Å². The fourth-order valence-electron chi connectivity index (χ4n) is 5.30. The first kappa shape index (κ1) is 27.5. The van der Waals surface area contributed by atoms with E-state index in [4.69, 9.17) is 18.9 Å². The van der Waals surface area contributed by atoms with Crippen LogP contribution in [0.1, 0.15) is 51.1 Å². The van der Waals surface area contributed by atoms with Crippen molar-refractivity contribution in [3.05, 3.63) is 107 Å². The summed E-state index contributed by atoms with van der Waals surface area (Å²) in [5, 5.41) is 33.2. The Bertz CT molecular complexity index is 1600. The van der Waals surface area contributed by atoms with E-state index >= 15 is 0 Å². The molecule has 8 heteroatoms. The molecule has 0 unspecified atom stereocenters. The van der Waals surface area contributed by atoms with Crippen LogP contribution < -0.4 is 18.9 Å². The Balaban J connectivity index is 1.72. The highest BCUT2D eigenvalue weighted by molar-refractivity contribution is 6.11. The zero-order chi connectivity index (χ0) is 29.1. The van der Waals surface area contributed by atoms with Crippen molar-refractivity contribution in [2.24, 2.45) is 0 Å². The normalized spacial score (nSPS) is 16.1. The zero-order valence-electron chi connectivity index (χ0n) is 22.8. The molecule has 0 spiro atoms. The van der Waals surface area contributed by atoms with Crippen LogP contribution >= 0.6 is 0 Å². The summed E-state index contributed by atoms with van der Waals surface area (Å²) < 4.78 is 23.2. The lowest BCUT2D eigenvalue weighted by atomic mass is 9.80. The van der Waals surface area contributed by atoms with E-state index in [0.717, 1.165) is 11.1 Å². The van der Waals surface area contributed by atoms with Gasteiger partial charge in [-0.1, -0.05) is 66.7 Å². The molecule has 0 radical (unpaired) electrons. The molecular formula is C33H30O8. The van der Waals surface area contributed by atoms with Gasteiger partial charge in [-0.05, 0) is 17.2 Å². The van der Waals surface area contributed by atoms with Crippen LogP contribution in [-0.4, -0.2) is 42.4 Å². The summed E-state index contributed by atoms with van der Waals surface area (Å²) in [6, 6.07) is 21.4. The second-order valence-corrected chi connectivity index (χ2v) is 9.52. The minimum Gasteiger partial charge on any atom is -0.507 e. The largest absolute Gasteiger partial charge is 0.507 e. The Kier molecular flexibility index (Phi) is 7.74. The number of hydrogen-bond donors (Lipinski definition) is 3. The number of benzene rings is 4. The van der Waals surface area contributed by atoms with Crippen LogP contribution in [0.15, 0.2) is 78.9 Å². The second kappa shape index (κ2) is 11.6. The molecule has 210 valence electrons. The standard InChI is InChI=1S/C33H30O8/c1-38-26-17-23(35)30(22(34)15-14-19-10-6-4-7-11-19)31(37)28(26)21-16-25(20-12-8-5-9-13-20)41-33-29(21)27(39-2)18-24(36)32(33)40-3/h4-15,17-18,21,25,35-37H,16H2,1-3H3/b15-14+/t21-,25-/m1/s1. The molecule has 2 atom stereocenters. The van der Waals surface area contributed by atoms with E-state index in [1.165, 1.54) is 39.5 Å². The van der Waals surface area contributed by atoms with E-state index < -0.39 is 29.3 Å². The minimum absolute atomic E-state index is 0.103. The summed E-state index contributed by atoms with van der Waals surface area (Å²) in [5.74, 6) is -1.48. The number of carbonyl (C=O) groups excluding carboxylic acids is 1. The molecule has 1 aliphatic rings. The van der Waals surface area contributed by atoms with Gasteiger partial charge in [0, 0.05) is 35.6 Å². The molecule has 41 heavy (non-hydrogen) atoms. The summed E-state index contributed by atoms with van der Waals surface area (Å²) in [6.07, 6.45) is 2.69. The number of methoxy groups -OCH3 is 3. The first-order valence-corrected chi connectivity index (χ1v) is 13.0.